The first-order valence-corrected chi connectivity index (χ1v) is 6.79. The number of hydrogen-bond acceptors (Lipinski definition) is 7. The van der Waals surface area contributed by atoms with Gasteiger partial charge in [0.2, 0.25) is 0 Å². The molecule has 4 N–H and O–H groups in total. The highest BCUT2D eigenvalue weighted by Crippen LogP contribution is 2.28. The minimum absolute atomic E-state index is 0.134. The molecular weight excluding hydrogens is 312 g/mol. The first-order valence-electron chi connectivity index (χ1n) is 6.38. The predicted molar refractivity (Wildman–Crippen MR) is 83.2 cm³/mol. The van der Waals surface area contributed by atoms with Gasteiger partial charge < -0.3 is 16.1 Å². The van der Waals surface area contributed by atoms with Gasteiger partial charge in [-0.25, -0.2) is 5.43 Å². The smallest absolute Gasteiger partial charge is 0.300 e. The van der Waals surface area contributed by atoms with E-state index in [1.54, 1.807) is 0 Å². The van der Waals surface area contributed by atoms with Crippen LogP contribution in [0.3, 0.4) is 0 Å². The van der Waals surface area contributed by atoms with Crippen LogP contribution in [0.5, 0.6) is 0 Å². The maximum atomic E-state index is 11.0. The van der Waals surface area contributed by atoms with Crippen LogP contribution in [0.4, 0.5) is 17.1 Å². The van der Waals surface area contributed by atoms with Gasteiger partial charge in [0.15, 0.2) is 5.11 Å². The third-order valence-corrected chi connectivity index (χ3v) is 3.28. The number of nitro benzene ring substituents is 2. The molecule has 1 aromatic rings. The zero-order chi connectivity index (χ0) is 16.3. The lowest BCUT2D eigenvalue weighted by Gasteiger charge is -2.31. The van der Waals surface area contributed by atoms with Crippen LogP contribution >= 0.6 is 12.2 Å². The van der Waals surface area contributed by atoms with Gasteiger partial charge in [0.25, 0.3) is 5.69 Å². The van der Waals surface area contributed by atoms with Crippen molar-refractivity contribution in [3.8, 4) is 0 Å². The molecule has 0 radical (unpaired) electrons. The number of non-ortho nitro benzene ring substituents is 1. The summed E-state index contributed by atoms with van der Waals surface area (Å²) < 4.78 is 0. The molecule has 0 bridgehead atoms. The monoisotopic (exact) mass is 326 g/mol. The zero-order valence-electron chi connectivity index (χ0n) is 11.5. The molecule has 1 fully saturated rings. The molecule has 11 heteroatoms. The second kappa shape index (κ2) is 6.49. The number of thiocarbonyl (C=S) groups is 1. The molecule has 0 amide bonds. The predicted octanol–water partition coefficient (Wildman–Crippen LogP) is 1.00. The van der Waals surface area contributed by atoms with Crippen molar-refractivity contribution < 1.29 is 9.85 Å². The van der Waals surface area contributed by atoms with Crippen LogP contribution < -0.4 is 21.5 Å². The average Bonchev–Trinajstić information content (AvgIpc) is 2.43. The van der Waals surface area contributed by atoms with E-state index in [1.165, 1.54) is 12.1 Å². The molecule has 0 unspecified atom stereocenters. The highest BCUT2D eigenvalue weighted by Gasteiger charge is 2.23. The molecule has 1 aromatic carbocycles. The molecule has 2 atom stereocenters. The quantitative estimate of drug-likeness (QED) is 0.355. The van der Waals surface area contributed by atoms with Crippen LogP contribution in [-0.4, -0.2) is 27.2 Å². The lowest BCUT2D eigenvalue weighted by atomic mass is 10.1. The van der Waals surface area contributed by atoms with Crippen molar-refractivity contribution >= 4 is 34.4 Å². The van der Waals surface area contributed by atoms with Gasteiger partial charge in [-0.05, 0) is 25.2 Å². The van der Waals surface area contributed by atoms with E-state index in [-0.39, 0.29) is 29.3 Å². The van der Waals surface area contributed by atoms with Gasteiger partial charge in [-0.1, -0.05) is 0 Å². The van der Waals surface area contributed by atoms with Crippen molar-refractivity contribution in [2.24, 2.45) is 0 Å². The number of hydrogen-bond donors (Lipinski definition) is 4. The summed E-state index contributed by atoms with van der Waals surface area (Å²) >= 11 is 5.03. The van der Waals surface area contributed by atoms with Crippen molar-refractivity contribution in [3.05, 3.63) is 38.4 Å². The molecule has 0 saturated carbocycles. The number of hydrazine groups is 1. The normalized spacial score (nSPS) is 20.7. The summed E-state index contributed by atoms with van der Waals surface area (Å²) in [7, 11) is 0. The van der Waals surface area contributed by atoms with E-state index >= 15 is 0 Å². The number of rotatable bonds is 5. The zero-order valence-corrected chi connectivity index (χ0v) is 12.3. The Morgan fingerprint density at radius 3 is 2.59 bits per heavy atom. The first kappa shape index (κ1) is 15.9. The summed E-state index contributed by atoms with van der Waals surface area (Å²) in [5.41, 5.74) is 5.00. The molecule has 0 aliphatic carbocycles. The van der Waals surface area contributed by atoms with E-state index in [1.807, 2.05) is 6.92 Å². The van der Waals surface area contributed by atoms with Crippen molar-refractivity contribution in [3.63, 3.8) is 0 Å². The second-order valence-electron chi connectivity index (χ2n) is 4.79. The number of anilines is 1. The largest absolute Gasteiger partial charge is 0.360 e. The fourth-order valence-electron chi connectivity index (χ4n) is 2.05. The summed E-state index contributed by atoms with van der Waals surface area (Å²) in [6.45, 7) is 1.95. The Morgan fingerprint density at radius 1 is 1.27 bits per heavy atom. The van der Waals surface area contributed by atoms with Crippen LogP contribution in [0.1, 0.15) is 13.3 Å². The molecule has 2 rings (SSSR count). The van der Waals surface area contributed by atoms with Crippen molar-refractivity contribution in [2.45, 2.75) is 25.6 Å². The maximum absolute atomic E-state index is 11.0. The van der Waals surface area contributed by atoms with Gasteiger partial charge in [-0.15, -0.1) is 0 Å². The highest BCUT2D eigenvalue weighted by atomic mass is 32.1. The molecule has 1 aliphatic heterocycles. The molecule has 118 valence electrons. The summed E-state index contributed by atoms with van der Waals surface area (Å²) in [6.07, 6.45) is 0.465. The van der Waals surface area contributed by atoms with Gasteiger partial charge in [-0.2, -0.15) is 0 Å². The Kier molecular flexibility index (Phi) is 4.68. The van der Waals surface area contributed by atoms with E-state index in [0.29, 0.717) is 11.5 Å². The van der Waals surface area contributed by atoms with Crippen LogP contribution in [0.25, 0.3) is 0 Å². The van der Waals surface area contributed by atoms with Crippen LogP contribution in [0.2, 0.25) is 0 Å². The fraction of sp³-hybridized carbons (Fsp3) is 0.364. The molecule has 1 aliphatic rings. The van der Waals surface area contributed by atoms with Crippen LogP contribution in [0, 0.1) is 20.2 Å². The lowest BCUT2D eigenvalue weighted by Crippen LogP contribution is -2.59. The van der Waals surface area contributed by atoms with E-state index in [9.17, 15) is 20.2 Å². The Bertz CT molecular complexity index is 625. The van der Waals surface area contributed by atoms with Crippen molar-refractivity contribution in [1.29, 1.82) is 0 Å². The molecule has 1 heterocycles. The van der Waals surface area contributed by atoms with E-state index < -0.39 is 9.85 Å². The summed E-state index contributed by atoms with van der Waals surface area (Å²) in [6, 6.07) is 3.54. The van der Waals surface area contributed by atoms with Gasteiger partial charge in [0.1, 0.15) is 5.69 Å². The van der Waals surface area contributed by atoms with E-state index in [2.05, 4.69) is 21.5 Å². The Morgan fingerprint density at radius 2 is 2.00 bits per heavy atom. The van der Waals surface area contributed by atoms with Crippen LogP contribution in [-0.2, 0) is 0 Å². The first-order chi connectivity index (χ1) is 10.4. The summed E-state index contributed by atoms with van der Waals surface area (Å²) in [4.78, 5) is 20.3. The Balaban J connectivity index is 2.10. The number of nitrogens with one attached hydrogen (secondary N) is 4. The summed E-state index contributed by atoms with van der Waals surface area (Å²) in [5, 5.41) is 28.2. The van der Waals surface area contributed by atoms with E-state index in [0.717, 1.165) is 6.07 Å². The number of nitro groups is 2. The summed E-state index contributed by atoms with van der Waals surface area (Å²) in [5.74, 6) is 0. The third-order valence-electron chi connectivity index (χ3n) is 3.04. The molecular formula is C11H14N6O4S. The molecule has 22 heavy (non-hydrogen) atoms. The van der Waals surface area contributed by atoms with Crippen molar-refractivity contribution in [1.82, 2.24) is 16.1 Å². The Labute approximate surface area is 130 Å². The van der Waals surface area contributed by atoms with E-state index in [4.69, 9.17) is 12.2 Å². The maximum Gasteiger partial charge on any atom is 0.300 e. The van der Waals surface area contributed by atoms with Gasteiger partial charge in [0, 0.05) is 18.5 Å². The highest BCUT2D eigenvalue weighted by molar-refractivity contribution is 7.80. The molecule has 0 aromatic heterocycles. The van der Waals surface area contributed by atoms with Crippen LogP contribution in [0.15, 0.2) is 18.2 Å². The molecule has 0 spiro atoms. The topological polar surface area (TPSA) is 134 Å². The lowest BCUT2D eigenvalue weighted by molar-refractivity contribution is -0.393. The number of nitrogens with zero attached hydrogens (tertiary/aromatic N) is 2. The van der Waals surface area contributed by atoms with Gasteiger partial charge in [0.05, 0.1) is 22.1 Å². The SMILES string of the molecule is C[C@H]1C[C@H](NNc2ccc([N+](=O)[O-])cc2[N+](=O)[O-])NC(=S)N1. The fourth-order valence-corrected chi connectivity index (χ4v) is 2.39. The number of benzene rings is 1. The van der Waals surface area contributed by atoms with Gasteiger partial charge >= 0.3 is 5.69 Å². The second-order valence-corrected chi connectivity index (χ2v) is 5.20. The molecule has 1 saturated heterocycles. The third kappa shape index (κ3) is 3.77. The minimum Gasteiger partial charge on any atom is -0.360 e. The minimum atomic E-state index is -0.682. The Hall–Kier alpha value is -2.53. The molecule has 10 nitrogen and oxygen atoms in total. The standard InChI is InChI=1S/C11H14N6O4S/c1-6-4-10(13-11(22)12-6)15-14-8-3-2-7(16(18)19)5-9(8)17(20)21/h2-3,5-6,10,14-15H,4H2,1H3,(H2,12,13,22)/t6-,10-/m0/s1. The van der Waals surface area contributed by atoms with Crippen molar-refractivity contribution in [2.75, 3.05) is 5.43 Å². The average molecular weight is 326 g/mol. The van der Waals surface area contributed by atoms with Gasteiger partial charge in [-0.3, -0.25) is 20.2 Å².